The Bertz CT molecular complexity index is 2960. The molecule has 2 aromatic carbocycles. The lowest BCUT2D eigenvalue weighted by Crippen LogP contribution is -2.53. The first-order valence-corrected chi connectivity index (χ1v) is 22.1. The van der Waals surface area contributed by atoms with Gasteiger partial charge in [-0.2, -0.15) is 19.9 Å². The Hall–Kier alpha value is -6.98. The van der Waals surface area contributed by atoms with E-state index in [1.165, 1.54) is 42.1 Å². The number of aliphatic hydroxyl groups is 2. The number of aliphatic hydroxyl groups excluding tert-OH is 2. The standard InChI is InChI=1S/C23H25ClFN5O7.C20H19ClFN5O8.CH4/c1-3-35-21(34)23(20(32)33,8-12-6-4-11(2)5-7-12)36-9-13-16(31)14(25)19(37-13)30-10-27-15-17(26)28-22(24)29-18(15)30;21-19-25-14(23)12-15(26-19)27(7-24-12)16-11(22)13(29)10(35-16)6-34-20(17(30)31,18(32)33)5-8-1-3-9(28)4-2-8;/h4-7,10,13-14,16,19,31H,3,8-9H2,1-2H3,(H,32,33)(H2,26,28,29);1-4,7,10-11,13,16,28-29H,5-6H2,(H,30,31)(H,32,33)(H2,23,25,26);1H4/t13-,14+,16-,19-,23?;10-,11+,13-,16-;/m11./s1. The molecule has 2 fully saturated rings. The van der Waals surface area contributed by atoms with Gasteiger partial charge in [0.2, 0.25) is 10.6 Å². The van der Waals surface area contributed by atoms with E-state index in [1.807, 2.05) is 6.92 Å². The highest BCUT2D eigenvalue weighted by Gasteiger charge is 2.54. The second kappa shape index (κ2) is 22.4. The van der Waals surface area contributed by atoms with Gasteiger partial charge in [-0.25, -0.2) is 37.9 Å². The molecule has 29 heteroatoms. The maximum atomic E-state index is 15.2. The van der Waals surface area contributed by atoms with Gasteiger partial charge in [-0.1, -0.05) is 49.4 Å². The van der Waals surface area contributed by atoms with E-state index in [9.17, 15) is 49.8 Å². The molecule has 73 heavy (non-hydrogen) atoms. The average Bonchev–Trinajstić information content (AvgIpc) is 4.09. The molecular formula is C44H48Cl2F2N10O15. The Morgan fingerprint density at radius 2 is 1.10 bits per heavy atom. The Balaban J connectivity index is 0.000000235. The highest BCUT2D eigenvalue weighted by Crippen LogP contribution is 2.37. The van der Waals surface area contributed by atoms with Crippen LogP contribution in [-0.4, -0.2) is 161 Å². The number of imidazole rings is 2. The highest BCUT2D eigenvalue weighted by atomic mass is 35.5. The highest BCUT2D eigenvalue weighted by molar-refractivity contribution is 6.29. The summed E-state index contributed by atoms with van der Waals surface area (Å²) in [6, 6.07) is 12.0. The number of fused-ring (bicyclic) bond motifs is 2. The summed E-state index contributed by atoms with van der Waals surface area (Å²) in [6.45, 7) is 1.87. The summed E-state index contributed by atoms with van der Waals surface area (Å²) in [5.74, 6) is -6.56. The fourth-order valence-electron chi connectivity index (χ4n) is 7.74. The number of aryl methyl sites for hydroxylation is 1. The van der Waals surface area contributed by atoms with Gasteiger partial charge in [-0.05, 0) is 60.3 Å². The molecule has 2 saturated heterocycles. The second-order valence-electron chi connectivity index (χ2n) is 16.3. The van der Waals surface area contributed by atoms with Crippen LogP contribution in [0.5, 0.6) is 5.75 Å². The number of hydrogen-bond acceptors (Lipinski definition) is 20. The Kier molecular flexibility index (Phi) is 17.0. The predicted molar refractivity (Wildman–Crippen MR) is 249 cm³/mol. The van der Waals surface area contributed by atoms with Gasteiger partial charge < -0.3 is 65.8 Å². The molecule has 0 spiro atoms. The van der Waals surface area contributed by atoms with Crippen molar-refractivity contribution in [3.63, 3.8) is 0 Å². The molecule has 6 aromatic rings. The SMILES string of the molecule is C.CCOC(=O)C(Cc1ccc(C)cc1)(OC[C@H]1O[C@@H](n2cnc3c(N)nc(Cl)nc32)[C@@H](F)[C@@H]1O)C(=O)O.Nc1nc(Cl)nc2c1ncn2[C@@H]1O[C@H](COC(Cc2ccc(O)cc2)(C(=O)O)C(=O)O)[C@@H](O)[C@@H]1F. The van der Waals surface area contributed by atoms with E-state index in [2.05, 4.69) is 29.9 Å². The number of carboxylic acids is 3. The van der Waals surface area contributed by atoms with Gasteiger partial charge in [0, 0.05) is 12.8 Å². The number of carbonyl (C=O) groups is 4. The van der Waals surface area contributed by atoms with E-state index >= 15 is 8.78 Å². The lowest BCUT2D eigenvalue weighted by atomic mass is 9.93. The number of nitrogens with two attached hydrogens (primary N) is 2. The molecule has 0 aliphatic carbocycles. The minimum atomic E-state index is -2.78. The number of rotatable bonds is 17. The molecule has 0 bridgehead atoms. The van der Waals surface area contributed by atoms with Gasteiger partial charge in [0.15, 0.2) is 47.7 Å². The Morgan fingerprint density at radius 3 is 1.51 bits per heavy atom. The number of carboxylic acid groups (broad SMARTS) is 3. The van der Waals surface area contributed by atoms with Crippen molar-refractivity contribution in [2.45, 2.75) is 94.5 Å². The minimum absolute atomic E-state index is 0. The number of carbonyl (C=O) groups excluding carboxylic acids is 1. The Labute approximate surface area is 421 Å². The van der Waals surface area contributed by atoms with Gasteiger partial charge in [-0.3, -0.25) is 9.13 Å². The van der Waals surface area contributed by atoms with Crippen LogP contribution < -0.4 is 11.5 Å². The summed E-state index contributed by atoms with van der Waals surface area (Å²) >= 11 is 11.7. The summed E-state index contributed by atoms with van der Waals surface area (Å²) in [4.78, 5) is 72.7. The first-order chi connectivity index (χ1) is 34.1. The number of hydrogen-bond donors (Lipinski definition) is 8. The number of phenols is 1. The largest absolute Gasteiger partial charge is 0.508 e. The predicted octanol–water partition coefficient (Wildman–Crippen LogP) is 2.78. The number of ether oxygens (including phenoxy) is 5. The third kappa shape index (κ3) is 11.2. The molecule has 6 heterocycles. The molecule has 9 atom stereocenters. The van der Waals surface area contributed by atoms with Crippen molar-refractivity contribution < 1.29 is 82.3 Å². The van der Waals surface area contributed by atoms with Crippen LogP contribution in [-0.2, 0) is 55.7 Å². The number of phenolic OH excluding ortho intramolecular Hbond substituents is 1. The maximum Gasteiger partial charge on any atom is 0.350 e. The van der Waals surface area contributed by atoms with Crippen LogP contribution in [0.1, 0.15) is 43.5 Å². The van der Waals surface area contributed by atoms with E-state index < -0.39 is 104 Å². The van der Waals surface area contributed by atoms with Gasteiger partial charge in [0.05, 0.1) is 32.5 Å². The van der Waals surface area contributed by atoms with E-state index in [0.29, 0.717) is 5.56 Å². The van der Waals surface area contributed by atoms with E-state index in [1.54, 1.807) is 24.3 Å². The van der Waals surface area contributed by atoms with Crippen molar-refractivity contribution in [3.05, 3.63) is 88.4 Å². The summed E-state index contributed by atoms with van der Waals surface area (Å²) in [5.41, 5.74) is 8.33. The van der Waals surface area contributed by atoms with Gasteiger partial charge in [0.1, 0.15) is 41.2 Å². The van der Waals surface area contributed by atoms with Crippen molar-refractivity contribution in [3.8, 4) is 5.75 Å². The van der Waals surface area contributed by atoms with E-state index in [-0.39, 0.29) is 76.3 Å². The van der Waals surface area contributed by atoms with Crippen LogP contribution in [0.25, 0.3) is 22.3 Å². The van der Waals surface area contributed by atoms with Crippen LogP contribution in [0.4, 0.5) is 20.4 Å². The first-order valence-electron chi connectivity index (χ1n) is 21.4. The molecule has 25 nitrogen and oxygen atoms in total. The first kappa shape index (κ1) is 55.3. The monoisotopic (exact) mass is 1060 g/mol. The fraction of sp³-hybridized carbons (Fsp3) is 0.409. The molecule has 0 saturated carbocycles. The average molecular weight is 1070 g/mol. The second-order valence-corrected chi connectivity index (χ2v) is 17.0. The fourth-order valence-corrected chi connectivity index (χ4v) is 8.08. The summed E-state index contributed by atoms with van der Waals surface area (Å²) in [5, 5.41) is 59.3. The number of nitrogen functional groups attached to an aromatic ring is 2. The van der Waals surface area contributed by atoms with Crippen molar-refractivity contribution in [1.82, 2.24) is 39.0 Å². The topological polar surface area (TPSA) is 375 Å². The number of esters is 1. The summed E-state index contributed by atoms with van der Waals surface area (Å²) < 4.78 is 59.6. The zero-order chi connectivity index (χ0) is 52.4. The number of halogens is 4. The number of aliphatic carboxylic acids is 3. The molecule has 0 amide bonds. The molecule has 4 aromatic heterocycles. The van der Waals surface area contributed by atoms with Crippen LogP contribution in [0.15, 0.2) is 61.2 Å². The van der Waals surface area contributed by atoms with Crippen molar-refractivity contribution in [2.75, 3.05) is 31.3 Å². The normalized spacial score (nSPS) is 22.5. The zero-order valence-corrected chi connectivity index (χ0v) is 39.0. The van der Waals surface area contributed by atoms with Crippen LogP contribution >= 0.6 is 23.2 Å². The van der Waals surface area contributed by atoms with Crippen molar-refractivity contribution >= 4 is 81.0 Å². The molecule has 1 unspecified atom stereocenters. The molecule has 0 radical (unpaired) electrons. The summed E-state index contributed by atoms with van der Waals surface area (Å²) in [7, 11) is 0. The number of benzene rings is 2. The smallest absolute Gasteiger partial charge is 0.350 e. The number of nitrogens with zero attached hydrogens (tertiary/aromatic N) is 8. The molecule has 10 N–H and O–H groups in total. The van der Waals surface area contributed by atoms with Gasteiger partial charge >= 0.3 is 23.9 Å². The quantitative estimate of drug-likeness (QED) is 0.0370. The molecule has 2 aliphatic rings. The van der Waals surface area contributed by atoms with Crippen LogP contribution in [0.2, 0.25) is 10.6 Å². The summed E-state index contributed by atoms with van der Waals surface area (Å²) in [6.07, 6.45) is -11.9. The molecule has 8 rings (SSSR count). The van der Waals surface area contributed by atoms with Crippen molar-refractivity contribution in [1.29, 1.82) is 0 Å². The minimum Gasteiger partial charge on any atom is -0.508 e. The molecular weight excluding hydrogens is 1020 g/mol. The maximum absolute atomic E-state index is 15.2. The third-order valence-electron chi connectivity index (χ3n) is 11.6. The van der Waals surface area contributed by atoms with E-state index in [0.717, 1.165) is 16.5 Å². The molecule has 392 valence electrons. The van der Waals surface area contributed by atoms with Gasteiger partial charge in [-0.15, -0.1) is 0 Å². The lowest BCUT2D eigenvalue weighted by molar-refractivity contribution is -0.194. The number of aromatic hydroxyl groups is 1. The third-order valence-corrected chi connectivity index (χ3v) is 11.9. The Morgan fingerprint density at radius 1 is 0.699 bits per heavy atom. The lowest BCUT2D eigenvalue weighted by Gasteiger charge is -2.29. The molecule has 2 aliphatic heterocycles. The van der Waals surface area contributed by atoms with Crippen molar-refractivity contribution in [2.24, 2.45) is 0 Å². The number of anilines is 2. The van der Waals surface area contributed by atoms with E-state index in [4.69, 9.17) is 58.4 Å². The van der Waals surface area contributed by atoms with Gasteiger partial charge in [0.25, 0.3) is 11.2 Å². The van der Waals surface area contributed by atoms with Crippen LogP contribution in [0, 0.1) is 6.92 Å². The number of aromatic nitrogens is 8. The van der Waals surface area contributed by atoms with Crippen LogP contribution in [0.3, 0.4) is 0 Å². The zero-order valence-electron chi connectivity index (χ0n) is 37.5. The number of alkyl halides is 2.